The van der Waals surface area contributed by atoms with Gasteiger partial charge in [0.15, 0.2) is 0 Å². The second kappa shape index (κ2) is 4.34. The maximum Gasteiger partial charge on any atom is 0.374 e. The highest BCUT2D eigenvalue weighted by atomic mass is 19.1. The highest BCUT2D eigenvalue weighted by molar-refractivity contribution is 6.34. The predicted octanol–water partition coefficient (Wildman–Crippen LogP) is 0.188. The first-order valence-electron chi connectivity index (χ1n) is 4.61. The number of nitrogens with one attached hydrogen (secondary N) is 2. The van der Waals surface area contributed by atoms with Gasteiger partial charge in [-0.25, -0.2) is 19.1 Å². The van der Waals surface area contributed by atoms with Gasteiger partial charge in [-0.1, -0.05) is 0 Å². The fourth-order valence-electron chi connectivity index (χ4n) is 1.29. The number of benzene rings is 1. The van der Waals surface area contributed by atoms with Crippen molar-refractivity contribution in [1.82, 2.24) is 16.1 Å². The van der Waals surface area contributed by atoms with Crippen LogP contribution in [-0.4, -0.2) is 22.0 Å². The zero-order chi connectivity index (χ0) is 12.4. The molecule has 90 valence electrons. The number of amidine groups is 1. The zero-order valence-electron chi connectivity index (χ0n) is 8.44. The fraction of sp³-hybridized carbons (Fsp3) is 0.111. The number of carboxylic acids is 1. The average Bonchev–Trinajstić information content (AvgIpc) is 2.72. The normalized spacial score (nSPS) is 15.1. The van der Waals surface area contributed by atoms with E-state index in [1.165, 1.54) is 0 Å². The molecule has 2 rings (SSSR count). The van der Waals surface area contributed by atoms with Crippen LogP contribution in [0.15, 0.2) is 23.3 Å². The van der Waals surface area contributed by atoms with Gasteiger partial charge in [0.25, 0.3) is 0 Å². The van der Waals surface area contributed by atoms with E-state index in [4.69, 9.17) is 5.11 Å². The molecule has 1 aliphatic rings. The van der Waals surface area contributed by atoms with Crippen molar-refractivity contribution < 1.29 is 18.7 Å². The summed E-state index contributed by atoms with van der Waals surface area (Å²) in [7, 11) is 0. The quantitative estimate of drug-likeness (QED) is 0.705. The van der Waals surface area contributed by atoms with E-state index in [1.54, 1.807) is 0 Å². The number of hydrazine groups is 2. The molecule has 17 heavy (non-hydrogen) atoms. The lowest BCUT2D eigenvalue weighted by molar-refractivity contribution is -0.129. The molecule has 0 saturated carbocycles. The first-order valence-corrected chi connectivity index (χ1v) is 4.61. The monoisotopic (exact) mass is 242 g/mol. The Labute approximate surface area is 94.5 Å². The molecule has 0 bridgehead atoms. The van der Waals surface area contributed by atoms with Gasteiger partial charge in [-0.15, -0.1) is 10.2 Å². The van der Waals surface area contributed by atoms with E-state index >= 15 is 0 Å². The number of aliphatic carboxylic acids is 1. The molecule has 0 fully saturated rings. The molecule has 0 aliphatic carbocycles. The van der Waals surface area contributed by atoms with Crippen molar-refractivity contribution in [2.75, 3.05) is 0 Å². The van der Waals surface area contributed by atoms with Crippen molar-refractivity contribution in [1.29, 1.82) is 0 Å². The van der Waals surface area contributed by atoms with Crippen molar-refractivity contribution in [3.05, 3.63) is 35.4 Å². The maximum absolute atomic E-state index is 13.3. The smallest absolute Gasteiger partial charge is 0.374 e. The van der Waals surface area contributed by atoms with Crippen LogP contribution in [0.3, 0.4) is 0 Å². The van der Waals surface area contributed by atoms with Gasteiger partial charge in [-0.05, 0) is 18.2 Å². The summed E-state index contributed by atoms with van der Waals surface area (Å²) >= 11 is 0. The van der Waals surface area contributed by atoms with Crippen LogP contribution in [0.1, 0.15) is 5.56 Å². The lowest BCUT2D eigenvalue weighted by Crippen LogP contribution is -2.42. The van der Waals surface area contributed by atoms with Gasteiger partial charge >= 0.3 is 5.97 Å². The topological polar surface area (TPSA) is 77.0 Å². The number of nitrogens with zero attached hydrogens (tertiary/aromatic N) is 2. The Kier molecular flexibility index (Phi) is 2.88. The summed E-state index contributed by atoms with van der Waals surface area (Å²) < 4.78 is 26.2. The maximum atomic E-state index is 13.3. The lowest BCUT2D eigenvalue weighted by Gasteiger charge is -2.15. The highest BCUT2D eigenvalue weighted by Gasteiger charge is 2.21. The minimum atomic E-state index is -1.25. The van der Waals surface area contributed by atoms with Crippen LogP contribution in [0.5, 0.6) is 0 Å². The van der Waals surface area contributed by atoms with Crippen LogP contribution in [0.4, 0.5) is 8.78 Å². The van der Waals surface area contributed by atoms with Gasteiger partial charge in [0.1, 0.15) is 11.6 Å². The Hall–Kier alpha value is -2.22. The SMILES string of the molecule is O=C(O)C1=NNN(Cc2cc(F)ccc2F)N1. The Morgan fingerprint density at radius 1 is 1.47 bits per heavy atom. The molecule has 0 saturated heterocycles. The largest absolute Gasteiger partial charge is 0.475 e. The van der Waals surface area contributed by atoms with Crippen molar-refractivity contribution in [2.24, 2.45) is 5.10 Å². The van der Waals surface area contributed by atoms with E-state index < -0.39 is 17.6 Å². The Morgan fingerprint density at radius 2 is 2.24 bits per heavy atom. The lowest BCUT2D eigenvalue weighted by atomic mass is 10.2. The van der Waals surface area contributed by atoms with Crippen molar-refractivity contribution in [3.8, 4) is 0 Å². The number of hydrogen-bond acceptors (Lipinski definition) is 5. The number of hydrazone groups is 1. The van der Waals surface area contributed by atoms with E-state index in [0.717, 1.165) is 23.3 Å². The first-order chi connectivity index (χ1) is 8.06. The second-order valence-electron chi connectivity index (χ2n) is 3.30. The molecule has 0 radical (unpaired) electrons. The van der Waals surface area contributed by atoms with Gasteiger partial charge in [0.2, 0.25) is 5.84 Å². The van der Waals surface area contributed by atoms with Crippen molar-refractivity contribution in [3.63, 3.8) is 0 Å². The van der Waals surface area contributed by atoms with Gasteiger partial charge in [0, 0.05) is 5.56 Å². The second-order valence-corrected chi connectivity index (χ2v) is 3.30. The van der Waals surface area contributed by atoms with Crippen molar-refractivity contribution in [2.45, 2.75) is 6.54 Å². The molecule has 1 aromatic rings. The third-order valence-electron chi connectivity index (χ3n) is 2.06. The summed E-state index contributed by atoms with van der Waals surface area (Å²) in [6.45, 7) is -0.0795. The molecular weight excluding hydrogens is 234 g/mol. The van der Waals surface area contributed by atoms with E-state index in [-0.39, 0.29) is 17.9 Å². The number of carbonyl (C=O) groups is 1. The average molecular weight is 242 g/mol. The van der Waals surface area contributed by atoms with E-state index in [1.807, 2.05) is 0 Å². The molecule has 1 aliphatic heterocycles. The molecule has 8 heteroatoms. The van der Waals surface area contributed by atoms with Crippen LogP contribution in [0, 0.1) is 11.6 Å². The van der Waals surface area contributed by atoms with E-state index in [0.29, 0.717) is 0 Å². The number of carboxylic acid groups (broad SMARTS) is 1. The molecule has 3 N–H and O–H groups in total. The highest BCUT2D eigenvalue weighted by Crippen LogP contribution is 2.11. The summed E-state index contributed by atoms with van der Waals surface area (Å²) in [5.41, 5.74) is 4.77. The molecule has 1 aromatic carbocycles. The summed E-state index contributed by atoms with van der Waals surface area (Å²) in [5.74, 6) is -2.72. The van der Waals surface area contributed by atoms with Gasteiger partial charge < -0.3 is 5.11 Å². The number of halogens is 2. The standard InChI is InChI=1S/C9H8F2N4O2/c10-6-1-2-7(11)5(3-6)4-15-13-8(9(16)17)12-14-15/h1-3,14H,4H2,(H,12,13)(H,16,17). The molecule has 0 spiro atoms. The summed E-state index contributed by atoms with van der Waals surface area (Å²) in [6, 6.07) is 3.03. The van der Waals surface area contributed by atoms with Crippen LogP contribution in [-0.2, 0) is 11.3 Å². The van der Waals surface area contributed by atoms with Gasteiger partial charge in [-0.2, -0.15) is 0 Å². The Morgan fingerprint density at radius 3 is 2.88 bits per heavy atom. The molecular formula is C9H8F2N4O2. The zero-order valence-corrected chi connectivity index (χ0v) is 8.44. The predicted molar refractivity (Wildman–Crippen MR) is 53.2 cm³/mol. The van der Waals surface area contributed by atoms with E-state index in [9.17, 15) is 13.6 Å². The number of hydrogen-bond donors (Lipinski definition) is 3. The molecule has 1 heterocycles. The van der Waals surface area contributed by atoms with Crippen LogP contribution in [0.2, 0.25) is 0 Å². The van der Waals surface area contributed by atoms with Gasteiger partial charge in [-0.3, -0.25) is 5.43 Å². The first kappa shape index (κ1) is 11.3. The third kappa shape index (κ3) is 2.48. The molecule has 0 unspecified atom stereocenters. The summed E-state index contributed by atoms with van der Waals surface area (Å²) in [6.07, 6.45) is 0. The Bertz CT molecular complexity index is 492. The summed E-state index contributed by atoms with van der Waals surface area (Å²) in [5, 5.41) is 13.2. The third-order valence-corrected chi connectivity index (χ3v) is 2.06. The Balaban J connectivity index is 2.04. The van der Waals surface area contributed by atoms with E-state index in [2.05, 4.69) is 16.1 Å². The van der Waals surface area contributed by atoms with Crippen molar-refractivity contribution >= 4 is 11.8 Å². The van der Waals surface area contributed by atoms with Gasteiger partial charge in [0.05, 0.1) is 6.54 Å². The van der Waals surface area contributed by atoms with Crippen LogP contribution in [0.25, 0.3) is 0 Å². The van der Waals surface area contributed by atoms with Crippen LogP contribution >= 0.6 is 0 Å². The summed E-state index contributed by atoms with van der Waals surface area (Å²) in [4.78, 5) is 10.5. The minimum Gasteiger partial charge on any atom is -0.475 e. The van der Waals surface area contributed by atoms with Crippen LogP contribution < -0.4 is 11.0 Å². The molecule has 6 nitrogen and oxygen atoms in total. The molecule has 0 atom stereocenters. The fourth-order valence-corrected chi connectivity index (χ4v) is 1.29. The minimum absolute atomic E-state index is 0.0758. The molecule has 0 amide bonds. The molecule has 0 aromatic heterocycles. The number of rotatable bonds is 3.